The summed E-state index contributed by atoms with van der Waals surface area (Å²) in [5, 5.41) is 12.0. The summed E-state index contributed by atoms with van der Waals surface area (Å²) in [6.07, 6.45) is -2.68. The lowest BCUT2D eigenvalue weighted by Crippen LogP contribution is -2.57. The number of phosphoric acid groups is 1. The largest absolute Gasteiger partial charge is 0.469 e. The molecule has 0 aliphatic carbocycles. The van der Waals surface area contributed by atoms with Crippen LogP contribution < -0.4 is 5.32 Å². The molecule has 11 heteroatoms. The van der Waals surface area contributed by atoms with Gasteiger partial charge in [-0.25, -0.2) is 9.36 Å². The van der Waals surface area contributed by atoms with E-state index in [1.807, 2.05) is 0 Å². The molecule has 1 unspecified atom stereocenters. The van der Waals surface area contributed by atoms with Crippen molar-refractivity contribution >= 4 is 19.8 Å². The Morgan fingerprint density at radius 2 is 2.14 bits per heavy atom. The van der Waals surface area contributed by atoms with Crippen molar-refractivity contribution in [2.24, 2.45) is 5.92 Å². The van der Waals surface area contributed by atoms with E-state index in [0.29, 0.717) is 0 Å². The highest BCUT2D eigenvalue weighted by atomic mass is 31.2. The van der Waals surface area contributed by atoms with Crippen molar-refractivity contribution in [3.05, 3.63) is 0 Å². The van der Waals surface area contributed by atoms with Crippen LogP contribution in [-0.4, -0.2) is 63.3 Å². The van der Waals surface area contributed by atoms with E-state index in [-0.39, 0.29) is 18.9 Å². The number of phosphoric ester groups is 1. The highest BCUT2D eigenvalue weighted by molar-refractivity contribution is 7.46. The topological polar surface area (TPSA) is 146 Å². The number of aliphatic hydroxyl groups excluding tert-OH is 1. The molecule has 4 atom stereocenters. The SMILES string of the molecule is CC1CN([C@H]2C[C@H](O)[C@@H](COP(=O)(O)O)O2)C(=O)NC1=O. The number of carbonyl (C=O) groups excluding carboxylic acids is 2. The summed E-state index contributed by atoms with van der Waals surface area (Å²) in [5.74, 6) is -0.787. The number of carbonyl (C=O) groups is 2. The van der Waals surface area contributed by atoms with Gasteiger partial charge in [-0.1, -0.05) is 6.92 Å². The Balaban J connectivity index is 1.95. The quantitative estimate of drug-likeness (QED) is 0.470. The predicted octanol–water partition coefficient (Wildman–Crippen LogP) is -1.24. The van der Waals surface area contributed by atoms with Crippen LogP contribution in [0.1, 0.15) is 13.3 Å². The van der Waals surface area contributed by atoms with Gasteiger partial charge >= 0.3 is 13.9 Å². The van der Waals surface area contributed by atoms with Gasteiger partial charge in [-0.2, -0.15) is 0 Å². The Labute approximate surface area is 120 Å². The first-order valence-corrected chi connectivity index (χ1v) is 7.85. The van der Waals surface area contributed by atoms with Gasteiger partial charge in [-0.15, -0.1) is 0 Å². The normalized spacial score (nSPS) is 34.2. The number of nitrogens with one attached hydrogen (secondary N) is 1. The molecule has 2 heterocycles. The van der Waals surface area contributed by atoms with Crippen LogP contribution in [0.25, 0.3) is 0 Å². The smallest absolute Gasteiger partial charge is 0.390 e. The molecule has 3 amide bonds. The molecule has 10 nitrogen and oxygen atoms in total. The lowest BCUT2D eigenvalue weighted by molar-refractivity contribution is -0.128. The zero-order valence-electron chi connectivity index (χ0n) is 11.2. The maximum atomic E-state index is 11.7. The zero-order valence-corrected chi connectivity index (χ0v) is 12.1. The fraction of sp³-hybridized carbons (Fsp3) is 0.800. The monoisotopic (exact) mass is 324 g/mol. The molecule has 0 aromatic rings. The highest BCUT2D eigenvalue weighted by Crippen LogP contribution is 2.37. The van der Waals surface area contributed by atoms with Gasteiger partial charge in [0.25, 0.3) is 0 Å². The standard InChI is InChI=1S/C10H17N2O8P/c1-5-3-12(10(15)11-9(5)14)8-2-6(13)7(20-8)4-19-21(16,17)18/h5-8,13H,2-4H2,1H3,(H,11,14,15)(H2,16,17,18)/t5?,6-,7+,8+/m0/s1. The van der Waals surface area contributed by atoms with Crippen LogP contribution in [0.4, 0.5) is 4.79 Å². The second-order valence-electron chi connectivity index (χ2n) is 5.07. The molecular weight excluding hydrogens is 307 g/mol. The molecule has 2 saturated heterocycles. The lowest BCUT2D eigenvalue weighted by Gasteiger charge is -2.34. The van der Waals surface area contributed by atoms with Gasteiger partial charge in [0.15, 0.2) is 0 Å². The van der Waals surface area contributed by atoms with E-state index in [2.05, 4.69) is 9.84 Å². The molecular formula is C10H17N2O8P. The molecule has 0 saturated carbocycles. The third kappa shape index (κ3) is 4.00. The van der Waals surface area contributed by atoms with Gasteiger partial charge in [0, 0.05) is 13.0 Å². The van der Waals surface area contributed by atoms with Crippen LogP contribution in [-0.2, 0) is 18.6 Å². The minimum atomic E-state index is -4.66. The Bertz CT molecular complexity index is 480. The molecule has 0 radical (unpaired) electrons. The second kappa shape index (κ2) is 5.99. The molecule has 2 rings (SSSR count). The summed E-state index contributed by atoms with van der Waals surface area (Å²) in [7, 11) is -4.66. The summed E-state index contributed by atoms with van der Waals surface area (Å²) in [6, 6.07) is -0.619. The molecule has 21 heavy (non-hydrogen) atoms. The molecule has 2 aliphatic rings. The third-order valence-corrected chi connectivity index (χ3v) is 3.85. The molecule has 2 fully saturated rings. The summed E-state index contributed by atoms with van der Waals surface area (Å²) in [5.41, 5.74) is 0. The number of aliphatic hydroxyl groups is 1. The molecule has 0 aromatic carbocycles. The molecule has 4 N–H and O–H groups in total. The van der Waals surface area contributed by atoms with Crippen molar-refractivity contribution in [1.82, 2.24) is 10.2 Å². The van der Waals surface area contributed by atoms with Crippen LogP contribution in [0.2, 0.25) is 0 Å². The van der Waals surface area contributed by atoms with Crippen molar-refractivity contribution in [2.75, 3.05) is 13.2 Å². The van der Waals surface area contributed by atoms with Gasteiger partial charge in [0.1, 0.15) is 12.3 Å². The van der Waals surface area contributed by atoms with Crippen molar-refractivity contribution < 1.29 is 38.3 Å². The molecule has 120 valence electrons. The van der Waals surface area contributed by atoms with Crippen LogP contribution >= 0.6 is 7.82 Å². The Hall–Kier alpha value is -1.03. The molecule has 2 aliphatic heterocycles. The van der Waals surface area contributed by atoms with Crippen LogP contribution in [0.15, 0.2) is 0 Å². The number of ether oxygens (including phenoxy) is 1. The van der Waals surface area contributed by atoms with Crippen molar-refractivity contribution in [1.29, 1.82) is 0 Å². The van der Waals surface area contributed by atoms with Crippen LogP contribution in [0.5, 0.6) is 0 Å². The Morgan fingerprint density at radius 3 is 2.76 bits per heavy atom. The first-order chi connectivity index (χ1) is 9.67. The number of rotatable bonds is 4. The minimum absolute atomic E-state index is 0.0729. The maximum Gasteiger partial charge on any atom is 0.469 e. The summed E-state index contributed by atoms with van der Waals surface area (Å²) in [4.78, 5) is 41.6. The van der Waals surface area contributed by atoms with E-state index in [1.165, 1.54) is 4.90 Å². The number of nitrogens with zero attached hydrogens (tertiary/aromatic N) is 1. The lowest BCUT2D eigenvalue weighted by atomic mass is 10.1. The van der Waals surface area contributed by atoms with Crippen LogP contribution in [0, 0.1) is 5.92 Å². The van der Waals surface area contributed by atoms with E-state index >= 15 is 0 Å². The second-order valence-corrected chi connectivity index (χ2v) is 6.31. The van der Waals surface area contributed by atoms with E-state index < -0.39 is 44.8 Å². The number of hydrogen-bond donors (Lipinski definition) is 4. The van der Waals surface area contributed by atoms with Gasteiger partial charge in [0.2, 0.25) is 5.91 Å². The average molecular weight is 324 g/mol. The Kier molecular flexibility index (Phi) is 4.66. The predicted molar refractivity (Wildman–Crippen MR) is 66.7 cm³/mol. The fourth-order valence-corrected chi connectivity index (χ4v) is 2.58. The van der Waals surface area contributed by atoms with E-state index in [9.17, 15) is 19.3 Å². The molecule has 0 bridgehead atoms. The third-order valence-electron chi connectivity index (χ3n) is 3.37. The van der Waals surface area contributed by atoms with E-state index in [4.69, 9.17) is 14.5 Å². The molecule has 0 aromatic heterocycles. The van der Waals surface area contributed by atoms with Crippen molar-refractivity contribution in [2.45, 2.75) is 31.8 Å². The van der Waals surface area contributed by atoms with E-state index in [0.717, 1.165) is 0 Å². The minimum Gasteiger partial charge on any atom is -0.390 e. The maximum absolute atomic E-state index is 11.7. The first kappa shape index (κ1) is 16.3. The fourth-order valence-electron chi connectivity index (χ4n) is 2.24. The van der Waals surface area contributed by atoms with Gasteiger partial charge in [0.05, 0.1) is 18.6 Å². The number of urea groups is 1. The summed E-state index contributed by atoms with van der Waals surface area (Å²) in [6.45, 7) is 1.30. The van der Waals surface area contributed by atoms with Gasteiger partial charge in [-0.3, -0.25) is 19.5 Å². The Morgan fingerprint density at radius 1 is 1.48 bits per heavy atom. The van der Waals surface area contributed by atoms with Crippen molar-refractivity contribution in [3.8, 4) is 0 Å². The summed E-state index contributed by atoms with van der Waals surface area (Å²) < 4.78 is 20.3. The molecule has 0 spiro atoms. The summed E-state index contributed by atoms with van der Waals surface area (Å²) >= 11 is 0. The average Bonchev–Trinajstić information content (AvgIpc) is 2.72. The van der Waals surface area contributed by atoms with E-state index in [1.54, 1.807) is 6.92 Å². The van der Waals surface area contributed by atoms with Gasteiger partial charge in [-0.05, 0) is 0 Å². The van der Waals surface area contributed by atoms with Crippen molar-refractivity contribution in [3.63, 3.8) is 0 Å². The van der Waals surface area contributed by atoms with Crippen LogP contribution in [0.3, 0.4) is 0 Å². The zero-order chi connectivity index (χ0) is 15.8. The number of hydrogen-bond acceptors (Lipinski definition) is 6. The number of amides is 3. The van der Waals surface area contributed by atoms with Gasteiger partial charge < -0.3 is 19.6 Å². The highest BCUT2D eigenvalue weighted by Gasteiger charge is 2.42. The first-order valence-electron chi connectivity index (χ1n) is 6.32. The number of imide groups is 1.